The molecule has 0 saturated heterocycles. The number of carbonyl (C=O) groups is 2. The Balaban J connectivity index is 1.49. The molecule has 0 heterocycles. The van der Waals surface area contributed by atoms with Crippen molar-refractivity contribution in [1.82, 2.24) is 0 Å². The molecule has 5 heteroatoms. The van der Waals surface area contributed by atoms with Crippen LogP contribution in [0.15, 0.2) is 66.7 Å². The van der Waals surface area contributed by atoms with Crippen LogP contribution in [0.1, 0.15) is 84.6 Å². The SMILES string of the molecule is CCCCCCCCCCc1ccc(-c2ccc(C(=O)Oc3ccc(C(=O)O)cc3F)cc2)cc1. The summed E-state index contributed by atoms with van der Waals surface area (Å²) in [5.74, 6) is -3.17. The number of carboxylic acid groups (broad SMARTS) is 1. The lowest BCUT2D eigenvalue weighted by Crippen LogP contribution is -2.10. The van der Waals surface area contributed by atoms with Crippen LogP contribution in [0.2, 0.25) is 0 Å². The van der Waals surface area contributed by atoms with Crippen molar-refractivity contribution in [3.63, 3.8) is 0 Å². The first kappa shape index (κ1) is 26.1. The van der Waals surface area contributed by atoms with Gasteiger partial charge in [-0.05, 0) is 59.9 Å². The van der Waals surface area contributed by atoms with E-state index in [1.54, 1.807) is 12.1 Å². The molecule has 3 rings (SSSR count). The first-order valence-corrected chi connectivity index (χ1v) is 12.4. The fraction of sp³-hybridized carbons (Fsp3) is 0.333. The average Bonchev–Trinajstić information content (AvgIpc) is 2.87. The molecular weight excluding hydrogens is 443 g/mol. The Kier molecular flexibility index (Phi) is 10.0. The second-order valence-corrected chi connectivity index (χ2v) is 8.84. The molecule has 0 radical (unpaired) electrons. The average molecular weight is 477 g/mol. The van der Waals surface area contributed by atoms with Crippen molar-refractivity contribution < 1.29 is 23.8 Å². The van der Waals surface area contributed by atoms with Crippen LogP contribution in [0.5, 0.6) is 5.75 Å². The van der Waals surface area contributed by atoms with Crippen LogP contribution in [0.3, 0.4) is 0 Å². The number of carbonyl (C=O) groups excluding carboxylic acids is 1. The zero-order valence-electron chi connectivity index (χ0n) is 20.3. The standard InChI is InChI=1S/C30H33FO4/c1-2-3-4-5-6-7-8-9-10-22-11-13-23(14-12-22)24-15-17-25(18-16-24)30(34)35-28-20-19-26(29(32)33)21-27(28)31/h11-21H,2-10H2,1H3,(H,32,33). The number of hydrogen-bond donors (Lipinski definition) is 1. The molecule has 0 amide bonds. The van der Waals surface area contributed by atoms with Crippen molar-refractivity contribution in [2.24, 2.45) is 0 Å². The Labute approximate surface area is 206 Å². The summed E-state index contributed by atoms with van der Waals surface area (Å²) in [5.41, 5.74) is 3.42. The van der Waals surface area contributed by atoms with E-state index < -0.39 is 17.8 Å². The molecule has 0 bridgehead atoms. The number of aryl methyl sites for hydroxylation is 1. The highest BCUT2D eigenvalue weighted by atomic mass is 19.1. The maximum Gasteiger partial charge on any atom is 0.343 e. The molecule has 4 nitrogen and oxygen atoms in total. The normalized spacial score (nSPS) is 10.8. The summed E-state index contributed by atoms with van der Waals surface area (Å²) < 4.78 is 19.1. The van der Waals surface area contributed by atoms with Gasteiger partial charge in [0.15, 0.2) is 11.6 Å². The van der Waals surface area contributed by atoms with Gasteiger partial charge in [0.1, 0.15) is 0 Å². The predicted molar refractivity (Wildman–Crippen MR) is 137 cm³/mol. The van der Waals surface area contributed by atoms with Gasteiger partial charge < -0.3 is 9.84 Å². The van der Waals surface area contributed by atoms with Gasteiger partial charge in [-0.15, -0.1) is 0 Å². The molecule has 0 fully saturated rings. The van der Waals surface area contributed by atoms with Gasteiger partial charge in [0.05, 0.1) is 11.1 Å². The second-order valence-electron chi connectivity index (χ2n) is 8.84. The number of ether oxygens (including phenoxy) is 1. The number of carboxylic acids is 1. The van der Waals surface area contributed by atoms with Gasteiger partial charge in [-0.25, -0.2) is 14.0 Å². The molecule has 3 aromatic carbocycles. The van der Waals surface area contributed by atoms with Crippen molar-refractivity contribution in [3.05, 3.63) is 89.2 Å². The van der Waals surface area contributed by atoms with E-state index in [4.69, 9.17) is 9.84 Å². The molecule has 1 N–H and O–H groups in total. The van der Waals surface area contributed by atoms with E-state index in [-0.39, 0.29) is 16.9 Å². The molecule has 0 atom stereocenters. The second kappa shape index (κ2) is 13.4. The van der Waals surface area contributed by atoms with Crippen LogP contribution >= 0.6 is 0 Å². The maximum absolute atomic E-state index is 14.0. The highest BCUT2D eigenvalue weighted by molar-refractivity contribution is 5.92. The minimum Gasteiger partial charge on any atom is -0.478 e. The highest BCUT2D eigenvalue weighted by Gasteiger charge is 2.14. The Morgan fingerprint density at radius 1 is 0.743 bits per heavy atom. The predicted octanol–water partition coefficient (Wildman–Crippen LogP) is 8.09. The van der Waals surface area contributed by atoms with E-state index in [9.17, 15) is 14.0 Å². The van der Waals surface area contributed by atoms with Crippen LogP contribution < -0.4 is 4.74 Å². The van der Waals surface area contributed by atoms with E-state index in [1.165, 1.54) is 63.0 Å². The van der Waals surface area contributed by atoms with Crippen LogP contribution in [-0.2, 0) is 6.42 Å². The molecule has 0 aromatic heterocycles. The maximum atomic E-state index is 14.0. The first-order chi connectivity index (χ1) is 17.0. The molecule has 0 aliphatic carbocycles. The monoisotopic (exact) mass is 476 g/mol. The van der Waals surface area contributed by atoms with Crippen LogP contribution in [-0.4, -0.2) is 17.0 Å². The van der Waals surface area contributed by atoms with Gasteiger partial charge in [0.2, 0.25) is 0 Å². The van der Waals surface area contributed by atoms with Gasteiger partial charge in [-0.2, -0.15) is 0 Å². The summed E-state index contributed by atoms with van der Waals surface area (Å²) in [7, 11) is 0. The number of hydrogen-bond acceptors (Lipinski definition) is 3. The van der Waals surface area contributed by atoms with Crippen LogP contribution in [0.4, 0.5) is 4.39 Å². The van der Waals surface area contributed by atoms with Gasteiger partial charge in [-0.3, -0.25) is 0 Å². The van der Waals surface area contributed by atoms with E-state index in [2.05, 4.69) is 31.2 Å². The zero-order valence-corrected chi connectivity index (χ0v) is 20.3. The van der Waals surface area contributed by atoms with Crippen molar-refractivity contribution in [2.75, 3.05) is 0 Å². The molecule has 0 aliphatic rings. The number of esters is 1. The number of aromatic carboxylic acids is 1. The minimum atomic E-state index is -1.25. The molecule has 0 aliphatic heterocycles. The van der Waals surface area contributed by atoms with Gasteiger partial charge >= 0.3 is 11.9 Å². The van der Waals surface area contributed by atoms with Crippen molar-refractivity contribution in [1.29, 1.82) is 0 Å². The zero-order chi connectivity index (χ0) is 25.0. The number of benzene rings is 3. The molecular formula is C30H33FO4. The highest BCUT2D eigenvalue weighted by Crippen LogP contribution is 2.23. The van der Waals surface area contributed by atoms with Gasteiger partial charge in [-0.1, -0.05) is 88.3 Å². The smallest absolute Gasteiger partial charge is 0.343 e. The summed E-state index contributed by atoms with van der Waals surface area (Å²) in [5, 5.41) is 8.91. The van der Waals surface area contributed by atoms with E-state index in [0.29, 0.717) is 0 Å². The molecule has 35 heavy (non-hydrogen) atoms. The third-order valence-electron chi connectivity index (χ3n) is 6.11. The lowest BCUT2D eigenvalue weighted by atomic mass is 10.00. The molecule has 0 spiro atoms. The van der Waals surface area contributed by atoms with E-state index >= 15 is 0 Å². The number of unbranched alkanes of at least 4 members (excludes halogenated alkanes) is 7. The molecule has 0 unspecified atom stereocenters. The van der Waals surface area contributed by atoms with Crippen molar-refractivity contribution in [2.45, 2.75) is 64.7 Å². The summed E-state index contributed by atoms with van der Waals surface area (Å²) in [6, 6.07) is 18.6. The Morgan fingerprint density at radius 3 is 1.86 bits per heavy atom. The summed E-state index contributed by atoms with van der Waals surface area (Å²) in [6.45, 7) is 2.24. The molecule has 0 saturated carbocycles. The van der Waals surface area contributed by atoms with Crippen LogP contribution in [0.25, 0.3) is 11.1 Å². The third-order valence-corrected chi connectivity index (χ3v) is 6.11. The fourth-order valence-corrected chi connectivity index (χ4v) is 4.00. The van der Waals surface area contributed by atoms with Crippen molar-refractivity contribution in [3.8, 4) is 16.9 Å². The molecule has 184 valence electrons. The molecule has 3 aromatic rings. The van der Waals surface area contributed by atoms with Gasteiger partial charge in [0, 0.05) is 0 Å². The fourth-order valence-electron chi connectivity index (χ4n) is 4.00. The summed E-state index contributed by atoms with van der Waals surface area (Å²) in [6.07, 6.45) is 11.6. The van der Waals surface area contributed by atoms with E-state index in [1.807, 2.05) is 12.1 Å². The lowest BCUT2D eigenvalue weighted by molar-refractivity contribution is 0.0696. The lowest BCUT2D eigenvalue weighted by Gasteiger charge is -2.08. The Morgan fingerprint density at radius 2 is 1.29 bits per heavy atom. The van der Waals surface area contributed by atoms with Crippen molar-refractivity contribution >= 4 is 11.9 Å². The number of rotatable bonds is 13. The number of halogens is 1. The first-order valence-electron chi connectivity index (χ1n) is 12.4. The summed E-state index contributed by atoms with van der Waals surface area (Å²) >= 11 is 0. The third kappa shape index (κ3) is 8.06. The topological polar surface area (TPSA) is 63.6 Å². The summed E-state index contributed by atoms with van der Waals surface area (Å²) in [4.78, 5) is 23.3. The van der Waals surface area contributed by atoms with E-state index in [0.717, 1.165) is 29.7 Å². The Hall–Kier alpha value is -3.47. The Bertz CT molecular complexity index is 1100. The van der Waals surface area contributed by atoms with Gasteiger partial charge in [0.25, 0.3) is 0 Å². The minimum absolute atomic E-state index is 0.213. The van der Waals surface area contributed by atoms with Crippen LogP contribution in [0, 0.1) is 5.82 Å². The largest absolute Gasteiger partial charge is 0.478 e. The quantitative estimate of drug-likeness (QED) is 0.154.